The van der Waals surface area contributed by atoms with E-state index in [9.17, 15) is 4.79 Å². The zero-order valence-electron chi connectivity index (χ0n) is 12.9. The van der Waals surface area contributed by atoms with E-state index in [0.717, 1.165) is 22.2 Å². The summed E-state index contributed by atoms with van der Waals surface area (Å²) in [5.41, 5.74) is 8.60. The van der Waals surface area contributed by atoms with Crippen LogP contribution >= 0.6 is 23.2 Å². The Hall–Kier alpha value is -2.18. The van der Waals surface area contributed by atoms with Gasteiger partial charge in [-0.2, -0.15) is 0 Å². The lowest BCUT2D eigenvalue weighted by Gasteiger charge is -2.33. The minimum absolute atomic E-state index is 0.112. The number of halogens is 2. The van der Waals surface area contributed by atoms with Crippen LogP contribution < -0.4 is 5.73 Å². The van der Waals surface area contributed by atoms with Crippen LogP contribution in [0.2, 0.25) is 10.0 Å². The third-order valence-electron chi connectivity index (χ3n) is 4.53. The molecule has 1 aliphatic heterocycles. The number of nitrogens with one attached hydrogen (secondary N) is 2. The molecule has 124 valence electrons. The fraction of sp³-hybridized carbons (Fsp3) is 0.250. The van der Waals surface area contributed by atoms with Crippen molar-refractivity contribution >= 4 is 45.8 Å². The summed E-state index contributed by atoms with van der Waals surface area (Å²) < 4.78 is 0. The van der Waals surface area contributed by atoms with E-state index in [1.54, 1.807) is 11.0 Å². The number of fused-ring (bicyclic) bond motifs is 3. The van der Waals surface area contributed by atoms with Crippen LogP contribution in [0.25, 0.3) is 10.9 Å². The maximum atomic E-state index is 12.7. The summed E-state index contributed by atoms with van der Waals surface area (Å²) in [5, 5.41) is 2.00. The Balaban J connectivity index is 1.78. The van der Waals surface area contributed by atoms with Gasteiger partial charge >= 0.3 is 0 Å². The zero-order valence-corrected chi connectivity index (χ0v) is 14.4. The number of amides is 1. The van der Waals surface area contributed by atoms with Crippen molar-refractivity contribution in [3.05, 3.63) is 45.5 Å². The van der Waals surface area contributed by atoms with Crippen LogP contribution in [0.1, 0.15) is 34.8 Å². The molecular weight excluding hydrogens is 349 g/mol. The van der Waals surface area contributed by atoms with Crippen molar-refractivity contribution in [2.24, 2.45) is 0 Å². The topological polar surface area (TPSA) is 90.8 Å². The van der Waals surface area contributed by atoms with Gasteiger partial charge in [0.2, 0.25) is 0 Å². The van der Waals surface area contributed by atoms with Gasteiger partial charge in [-0.25, -0.2) is 4.98 Å². The maximum Gasteiger partial charge on any atom is 0.290 e. The number of carbonyl (C=O) groups excluding carboxylic acids is 1. The van der Waals surface area contributed by atoms with Crippen LogP contribution in [0.5, 0.6) is 0 Å². The SMILES string of the molecule is C[C@@H]1c2c([nH]c3c(Cl)c(Cl)ccc23)CCN1C(=O)c1ncc(N)[nH]1. The highest BCUT2D eigenvalue weighted by atomic mass is 35.5. The van der Waals surface area contributed by atoms with E-state index in [1.165, 1.54) is 6.20 Å². The van der Waals surface area contributed by atoms with Gasteiger partial charge in [-0.05, 0) is 13.0 Å². The van der Waals surface area contributed by atoms with Gasteiger partial charge in [0.15, 0.2) is 5.82 Å². The predicted molar refractivity (Wildman–Crippen MR) is 94.5 cm³/mol. The number of hydrogen-bond donors (Lipinski definition) is 3. The van der Waals surface area contributed by atoms with Crippen LogP contribution in [0.4, 0.5) is 5.82 Å². The summed E-state index contributed by atoms with van der Waals surface area (Å²) >= 11 is 12.4. The lowest BCUT2D eigenvalue weighted by molar-refractivity contribution is 0.0667. The molecule has 0 bridgehead atoms. The third kappa shape index (κ3) is 2.17. The number of hydrogen-bond acceptors (Lipinski definition) is 3. The standard InChI is InChI=1S/C16H15Cl2N5O/c1-7-12-8-2-3-9(17)13(18)14(8)21-10(12)4-5-23(7)16(24)15-20-6-11(19)22-15/h2-3,6-7,21H,4-5,19H2,1H3,(H,20,22)/t7-/m1/s1. The smallest absolute Gasteiger partial charge is 0.290 e. The molecule has 24 heavy (non-hydrogen) atoms. The second-order valence-corrected chi connectivity index (χ2v) is 6.70. The Morgan fingerprint density at radius 3 is 2.88 bits per heavy atom. The normalized spacial score (nSPS) is 17.3. The van der Waals surface area contributed by atoms with Gasteiger partial charge in [-0.1, -0.05) is 29.3 Å². The zero-order chi connectivity index (χ0) is 17.0. The number of rotatable bonds is 1. The third-order valence-corrected chi connectivity index (χ3v) is 5.34. The Bertz CT molecular complexity index is 961. The molecule has 2 aromatic heterocycles. The first-order valence-electron chi connectivity index (χ1n) is 7.57. The van der Waals surface area contributed by atoms with Gasteiger partial charge in [0.1, 0.15) is 5.82 Å². The number of nitrogens with zero attached hydrogens (tertiary/aromatic N) is 2. The Kier molecular flexibility index (Phi) is 3.47. The van der Waals surface area contributed by atoms with Crippen molar-refractivity contribution in [2.45, 2.75) is 19.4 Å². The first-order chi connectivity index (χ1) is 11.5. The van der Waals surface area contributed by atoms with Crippen molar-refractivity contribution in [3.8, 4) is 0 Å². The highest BCUT2D eigenvalue weighted by molar-refractivity contribution is 6.45. The summed E-state index contributed by atoms with van der Waals surface area (Å²) in [6.07, 6.45) is 2.16. The van der Waals surface area contributed by atoms with E-state index in [-0.39, 0.29) is 17.8 Å². The molecule has 0 saturated carbocycles. The number of H-pyrrole nitrogens is 2. The largest absolute Gasteiger partial charge is 0.384 e. The van der Waals surface area contributed by atoms with Gasteiger partial charge in [-0.15, -0.1) is 0 Å². The highest BCUT2D eigenvalue weighted by Gasteiger charge is 2.32. The second-order valence-electron chi connectivity index (χ2n) is 5.91. The molecule has 6 nitrogen and oxygen atoms in total. The number of aromatic nitrogens is 3. The summed E-state index contributed by atoms with van der Waals surface area (Å²) in [6.45, 7) is 2.59. The highest BCUT2D eigenvalue weighted by Crippen LogP contribution is 2.40. The van der Waals surface area contributed by atoms with Crippen molar-refractivity contribution in [1.29, 1.82) is 0 Å². The monoisotopic (exact) mass is 363 g/mol. The van der Waals surface area contributed by atoms with Crippen LogP contribution in [0.3, 0.4) is 0 Å². The predicted octanol–water partition coefficient (Wildman–Crippen LogP) is 3.54. The fourth-order valence-corrected chi connectivity index (χ4v) is 3.76. The number of nitrogens with two attached hydrogens (primary N) is 1. The number of benzene rings is 1. The number of aromatic amines is 2. The second kappa shape index (κ2) is 5.43. The Morgan fingerprint density at radius 2 is 2.17 bits per heavy atom. The van der Waals surface area contributed by atoms with Gasteiger partial charge in [0.25, 0.3) is 5.91 Å². The first kappa shape index (κ1) is 15.4. The van der Waals surface area contributed by atoms with Crippen molar-refractivity contribution in [3.63, 3.8) is 0 Å². The maximum absolute atomic E-state index is 12.7. The Labute approximate surface area is 147 Å². The van der Waals surface area contributed by atoms with Crippen LogP contribution in [0, 0.1) is 0 Å². The van der Waals surface area contributed by atoms with Crippen LogP contribution in [0.15, 0.2) is 18.3 Å². The summed E-state index contributed by atoms with van der Waals surface area (Å²) in [4.78, 5) is 24.7. The molecule has 0 aliphatic carbocycles. The average molecular weight is 364 g/mol. The van der Waals surface area contributed by atoms with E-state index in [0.29, 0.717) is 28.8 Å². The van der Waals surface area contributed by atoms with Crippen molar-refractivity contribution < 1.29 is 4.79 Å². The molecule has 8 heteroatoms. The lowest BCUT2D eigenvalue weighted by Crippen LogP contribution is -2.39. The number of imidazole rings is 1. The summed E-state index contributed by atoms with van der Waals surface area (Å²) in [6, 6.07) is 3.61. The lowest BCUT2D eigenvalue weighted by atomic mass is 9.97. The van der Waals surface area contributed by atoms with E-state index in [4.69, 9.17) is 28.9 Å². The number of anilines is 1. The van der Waals surface area contributed by atoms with E-state index in [1.807, 2.05) is 13.0 Å². The van der Waals surface area contributed by atoms with Gasteiger partial charge < -0.3 is 20.6 Å². The van der Waals surface area contributed by atoms with E-state index >= 15 is 0 Å². The number of nitrogen functional groups attached to an aromatic ring is 1. The van der Waals surface area contributed by atoms with Crippen LogP contribution in [-0.2, 0) is 6.42 Å². The fourth-order valence-electron chi connectivity index (χ4n) is 3.39. The molecule has 1 amide bonds. The Morgan fingerprint density at radius 1 is 1.38 bits per heavy atom. The average Bonchev–Trinajstić information content (AvgIpc) is 3.15. The van der Waals surface area contributed by atoms with Crippen LogP contribution in [-0.4, -0.2) is 32.3 Å². The minimum Gasteiger partial charge on any atom is -0.384 e. The summed E-state index contributed by atoms with van der Waals surface area (Å²) in [7, 11) is 0. The quantitative estimate of drug-likeness (QED) is 0.617. The van der Waals surface area contributed by atoms with Gasteiger partial charge in [0.05, 0.1) is 27.8 Å². The molecule has 3 aromatic rings. The molecule has 4 N–H and O–H groups in total. The molecule has 1 aromatic carbocycles. The molecule has 0 fully saturated rings. The summed E-state index contributed by atoms with van der Waals surface area (Å²) in [5.74, 6) is 0.459. The van der Waals surface area contributed by atoms with Crippen molar-refractivity contribution in [1.82, 2.24) is 19.9 Å². The molecule has 0 unspecified atom stereocenters. The molecule has 0 radical (unpaired) electrons. The molecular formula is C16H15Cl2N5O. The molecule has 1 atom stereocenters. The van der Waals surface area contributed by atoms with Gasteiger partial charge in [-0.3, -0.25) is 4.79 Å². The molecule has 0 spiro atoms. The van der Waals surface area contributed by atoms with E-state index in [2.05, 4.69) is 15.0 Å². The molecule has 3 heterocycles. The van der Waals surface area contributed by atoms with Gasteiger partial charge in [0, 0.05) is 29.6 Å². The molecule has 0 saturated heterocycles. The number of carbonyl (C=O) groups is 1. The first-order valence-corrected chi connectivity index (χ1v) is 8.33. The van der Waals surface area contributed by atoms with Crippen molar-refractivity contribution in [2.75, 3.05) is 12.3 Å². The minimum atomic E-state index is -0.167. The molecule has 4 rings (SSSR count). The van der Waals surface area contributed by atoms with E-state index < -0.39 is 0 Å². The molecule has 1 aliphatic rings.